The summed E-state index contributed by atoms with van der Waals surface area (Å²) in [4.78, 5) is 6.18. The van der Waals surface area contributed by atoms with Gasteiger partial charge in [0, 0.05) is 18.7 Å². The lowest BCUT2D eigenvalue weighted by molar-refractivity contribution is -0.127. The van der Waals surface area contributed by atoms with Crippen LogP contribution in [0.3, 0.4) is 0 Å². The van der Waals surface area contributed by atoms with E-state index in [9.17, 15) is 4.39 Å². The molecule has 0 atom stereocenters. The SMILES string of the molecule is CC(C)c1ccc(N2CC3(COC3)C2)nc1F. The minimum absolute atomic E-state index is 0.180. The van der Waals surface area contributed by atoms with Gasteiger partial charge in [-0.25, -0.2) is 4.98 Å². The highest BCUT2D eigenvalue weighted by Crippen LogP contribution is 2.39. The van der Waals surface area contributed by atoms with Crippen molar-refractivity contribution in [2.75, 3.05) is 31.2 Å². The predicted octanol–water partition coefficient (Wildman–Crippen LogP) is 2.18. The molecule has 2 saturated heterocycles. The van der Waals surface area contributed by atoms with Crippen LogP contribution in [0.4, 0.5) is 10.2 Å². The maximum atomic E-state index is 13.7. The zero-order valence-corrected chi connectivity index (χ0v) is 10.2. The smallest absolute Gasteiger partial charge is 0.218 e. The first kappa shape index (κ1) is 11.0. The molecule has 2 aliphatic rings. The van der Waals surface area contributed by atoms with Crippen molar-refractivity contribution in [1.29, 1.82) is 0 Å². The van der Waals surface area contributed by atoms with Gasteiger partial charge in [-0.2, -0.15) is 4.39 Å². The van der Waals surface area contributed by atoms with E-state index in [0.717, 1.165) is 32.1 Å². The molecule has 0 saturated carbocycles. The Morgan fingerprint density at radius 2 is 2.06 bits per heavy atom. The van der Waals surface area contributed by atoms with E-state index < -0.39 is 0 Å². The van der Waals surface area contributed by atoms with Crippen molar-refractivity contribution in [1.82, 2.24) is 4.98 Å². The van der Waals surface area contributed by atoms with Crippen LogP contribution < -0.4 is 4.90 Å². The molecule has 3 heterocycles. The molecule has 0 bridgehead atoms. The van der Waals surface area contributed by atoms with E-state index in [4.69, 9.17) is 4.74 Å². The number of nitrogens with zero attached hydrogens (tertiary/aromatic N) is 2. The van der Waals surface area contributed by atoms with Gasteiger partial charge in [0.2, 0.25) is 5.95 Å². The number of halogens is 1. The minimum Gasteiger partial charge on any atom is -0.380 e. The Kier molecular flexibility index (Phi) is 2.36. The zero-order valence-electron chi connectivity index (χ0n) is 10.2. The lowest BCUT2D eigenvalue weighted by Gasteiger charge is -2.55. The Bertz CT molecular complexity index is 435. The van der Waals surface area contributed by atoms with Crippen LogP contribution in [-0.2, 0) is 4.74 Å². The second-order valence-corrected chi connectivity index (χ2v) is 5.55. The highest BCUT2D eigenvalue weighted by atomic mass is 19.1. The van der Waals surface area contributed by atoms with Crippen molar-refractivity contribution in [3.05, 3.63) is 23.6 Å². The quantitative estimate of drug-likeness (QED) is 0.736. The second-order valence-electron chi connectivity index (χ2n) is 5.55. The molecule has 2 aliphatic heterocycles. The van der Waals surface area contributed by atoms with Crippen molar-refractivity contribution >= 4 is 5.82 Å². The summed E-state index contributed by atoms with van der Waals surface area (Å²) in [5.74, 6) is 0.604. The third-order valence-corrected chi connectivity index (χ3v) is 3.68. The first-order valence-electron chi connectivity index (χ1n) is 6.09. The number of aromatic nitrogens is 1. The van der Waals surface area contributed by atoms with E-state index in [0.29, 0.717) is 11.0 Å². The summed E-state index contributed by atoms with van der Waals surface area (Å²) in [5.41, 5.74) is 1.03. The van der Waals surface area contributed by atoms with Gasteiger partial charge in [-0.3, -0.25) is 0 Å². The van der Waals surface area contributed by atoms with Crippen LogP contribution in [0.15, 0.2) is 12.1 Å². The molecule has 0 aliphatic carbocycles. The maximum Gasteiger partial charge on any atom is 0.218 e. The number of hydrogen-bond donors (Lipinski definition) is 0. The third kappa shape index (κ3) is 1.71. The van der Waals surface area contributed by atoms with Gasteiger partial charge in [0.1, 0.15) is 5.82 Å². The molecule has 1 aromatic heterocycles. The summed E-state index contributed by atoms with van der Waals surface area (Å²) in [5, 5.41) is 0. The van der Waals surface area contributed by atoms with Crippen molar-refractivity contribution in [2.45, 2.75) is 19.8 Å². The van der Waals surface area contributed by atoms with Crippen molar-refractivity contribution in [3.8, 4) is 0 Å². The molecule has 0 radical (unpaired) electrons. The number of rotatable bonds is 2. The second kappa shape index (κ2) is 3.67. The van der Waals surface area contributed by atoms with Crippen LogP contribution in [0.25, 0.3) is 0 Å². The minimum atomic E-state index is -0.330. The molecule has 0 N–H and O–H groups in total. The fourth-order valence-electron chi connectivity index (χ4n) is 2.54. The van der Waals surface area contributed by atoms with Gasteiger partial charge in [-0.05, 0) is 12.0 Å². The fraction of sp³-hybridized carbons (Fsp3) is 0.615. The highest BCUT2D eigenvalue weighted by Gasteiger charge is 2.49. The Morgan fingerprint density at radius 3 is 2.53 bits per heavy atom. The number of anilines is 1. The Morgan fingerprint density at radius 1 is 1.35 bits per heavy atom. The van der Waals surface area contributed by atoms with E-state index in [2.05, 4.69) is 9.88 Å². The lowest BCUT2D eigenvalue weighted by Crippen LogP contribution is -2.66. The number of ether oxygens (including phenoxy) is 1. The van der Waals surface area contributed by atoms with Gasteiger partial charge in [0.15, 0.2) is 0 Å². The first-order chi connectivity index (χ1) is 8.10. The predicted molar refractivity (Wildman–Crippen MR) is 63.7 cm³/mol. The monoisotopic (exact) mass is 236 g/mol. The van der Waals surface area contributed by atoms with Crippen molar-refractivity contribution in [3.63, 3.8) is 0 Å². The van der Waals surface area contributed by atoms with Gasteiger partial charge >= 0.3 is 0 Å². The zero-order chi connectivity index (χ0) is 12.0. The molecule has 2 fully saturated rings. The highest BCUT2D eigenvalue weighted by molar-refractivity contribution is 5.45. The molecule has 0 aromatic carbocycles. The number of pyridine rings is 1. The van der Waals surface area contributed by atoms with Crippen LogP contribution in [-0.4, -0.2) is 31.3 Å². The van der Waals surface area contributed by atoms with Crippen LogP contribution in [0.2, 0.25) is 0 Å². The summed E-state index contributed by atoms with van der Waals surface area (Å²) in [6, 6.07) is 3.77. The molecule has 1 spiro atoms. The van der Waals surface area contributed by atoms with Crippen molar-refractivity contribution in [2.24, 2.45) is 5.41 Å². The molecule has 1 aromatic rings. The molecule has 17 heavy (non-hydrogen) atoms. The summed E-state index contributed by atoms with van der Waals surface area (Å²) >= 11 is 0. The van der Waals surface area contributed by atoms with Crippen LogP contribution in [0.5, 0.6) is 0 Å². The summed E-state index contributed by atoms with van der Waals surface area (Å²) in [6.07, 6.45) is 0. The summed E-state index contributed by atoms with van der Waals surface area (Å²) in [7, 11) is 0. The Labute approximate surface area is 101 Å². The molecule has 3 rings (SSSR count). The van der Waals surface area contributed by atoms with E-state index in [1.54, 1.807) is 0 Å². The average molecular weight is 236 g/mol. The van der Waals surface area contributed by atoms with E-state index in [1.165, 1.54) is 0 Å². The molecular weight excluding hydrogens is 219 g/mol. The van der Waals surface area contributed by atoms with Gasteiger partial charge in [-0.15, -0.1) is 0 Å². The van der Waals surface area contributed by atoms with Crippen molar-refractivity contribution < 1.29 is 9.13 Å². The van der Waals surface area contributed by atoms with Gasteiger partial charge in [0.25, 0.3) is 0 Å². The molecular formula is C13H17FN2O. The topological polar surface area (TPSA) is 25.4 Å². The maximum absolute atomic E-state index is 13.7. The number of hydrogen-bond acceptors (Lipinski definition) is 3. The summed E-state index contributed by atoms with van der Waals surface area (Å²) in [6.45, 7) is 7.53. The fourth-order valence-corrected chi connectivity index (χ4v) is 2.54. The normalized spacial score (nSPS) is 21.5. The molecule has 4 heteroatoms. The molecule has 92 valence electrons. The lowest BCUT2D eigenvalue weighted by atomic mass is 9.78. The van der Waals surface area contributed by atoms with E-state index in [1.807, 2.05) is 26.0 Å². The first-order valence-corrected chi connectivity index (χ1v) is 6.09. The molecule has 0 amide bonds. The Hall–Kier alpha value is -1.16. The van der Waals surface area contributed by atoms with E-state index >= 15 is 0 Å². The van der Waals surface area contributed by atoms with Gasteiger partial charge in [0.05, 0.1) is 18.6 Å². The van der Waals surface area contributed by atoms with Gasteiger partial charge in [-0.1, -0.05) is 19.9 Å². The summed E-state index contributed by atoms with van der Waals surface area (Å²) < 4.78 is 19.0. The van der Waals surface area contributed by atoms with E-state index in [-0.39, 0.29) is 11.9 Å². The standard InChI is InChI=1S/C13H17FN2O/c1-9(2)10-3-4-11(15-12(10)14)16-5-13(6-16)7-17-8-13/h3-4,9H,5-8H2,1-2H3. The van der Waals surface area contributed by atoms with Crippen LogP contribution in [0.1, 0.15) is 25.3 Å². The van der Waals surface area contributed by atoms with Crippen LogP contribution in [0, 0.1) is 11.4 Å². The van der Waals surface area contributed by atoms with Gasteiger partial charge < -0.3 is 9.64 Å². The average Bonchev–Trinajstić information content (AvgIpc) is 2.12. The third-order valence-electron chi connectivity index (χ3n) is 3.68. The van der Waals surface area contributed by atoms with Crippen LogP contribution >= 0.6 is 0 Å². The molecule has 3 nitrogen and oxygen atoms in total. The largest absolute Gasteiger partial charge is 0.380 e. The Balaban J connectivity index is 1.74. The molecule has 0 unspecified atom stereocenters.